The molecule has 0 amide bonds. The molecule has 1 aromatic carbocycles. The van der Waals surface area contributed by atoms with Gasteiger partial charge < -0.3 is 14.4 Å². The number of rotatable bonds is 3. The van der Waals surface area contributed by atoms with Crippen LogP contribution in [-0.2, 0) is 0 Å². The summed E-state index contributed by atoms with van der Waals surface area (Å²) in [7, 11) is 0. The summed E-state index contributed by atoms with van der Waals surface area (Å²) < 4.78 is 5.72. The number of carbonyl (C=O) groups is 1. The van der Waals surface area contributed by atoms with Crippen LogP contribution in [-0.4, -0.2) is 34.1 Å². The van der Waals surface area contributed by atoms with E-state index in [2.05, 4.69) is 14.9 Å². The van der Waals surface area contributed by atoms with Gasteiger partial charge in [-0.15, -0.1) is 0 Å². The summed E-state index contributed by atoms with van der Waals surface area (Å²) in [4.78, 5) is 22.2. The van der Waals surface area contributed by atoms with E-state index in [-0.39, 0.29) is 5.56 Å². The van der Waals surface area contributed by atoms with Gasteiger partial charge in [0.15, 0.2) is 5.58 Å². The Balaban J connectivity index is 1.63. The highest BCUT2D eigenvalue weighted by molar-refractivity contribution is 5.92. The maximum absolute atomic E-state index is 11.0. The number of carboxylic acids is 1. The molecule has 0 atom stereocenters. The number of hydrogen-bond donors (Lipinski definition) is 1. The number of piperidine rings is 1. The van der Waals surface area contributed by atoms with Gasteiger partial charge in [0.25, 0.3) is 0 Å². The monoisotopic (exact) mass is 323 g/mol. The van der Waals surface area contributed by atoms with E-state index in [1.165, 1.54) is 31.4 Å². The molecule has 6 nitrogen and oxygen atoms in total. The van der Waals surface area contributed by atoms with Crippen molar-refractivity contribution in [3.8, 4) is 11.5 Å². The van der Waals surface area contributed by atoms with Gasteiger partial charge >= 0.3 is 5.97 Å². The molecule has 0 aliphatic carbocycles. The maximum Gasteiger partial charge on any atom is 0.335 e. The van der Waals surface area contributed by atoms with Crippen molar-refractivity contribution in [1.82, 2.24) is 9.97 Å². The summed E-state index contributed by atoms with van der Waals surface area (Å²) in [5.74, 6) is 0.446. The largest absolute Gasteiger partial charge is 0.478 e. The van der Waals surface area contributed by atoms with Gasteiger partial charge in [-0.05, 0) is 49.6 Å². The number of pyridine rings is 1. The fourth-order valence-electron chi connectivity index (χ4n) is 3.01. The van der Waals surface area contributed by atoms with Crippen molar-refractivity contribution < 1.29 is 14.3 Å². The van der Waals surface area contributed by atoms with E-state index in [1.54, 1.807) is 12.3 Å². The van der Waals surface area contributed by atoms with Crippen molar-refractivity contribution in [2.45, 2.75) is 19.3 Å². The molecule has 1 fully saturated rings. The molecule has 1 N–H and O–H groups in total. The molecule has 0 spiro atoms. The fraction of sp³-hybridized carbons (Fsp3) is 0.278. The minimum atomic E-state index is -0.978. The third-order valence-corrected chi connectivity index (χ3v) is 4.31. The van der Waals surface area contributed by atoms with Crippen LogP contribution in [0.2, 0.25) is 0 Å². The lowest BCUT2D eigenvalue weighted by molar-refractivity contribution is 0.0697. The lowest BCUT2D eigenvalue weighted by Gasteiger charge is -2.27. The zero-order valence-electron chi connectivity index (χ0n) is 13.1. The zero-order valence-corrected chi connectivity index (χ0v) is 13.1. The van der Waals surface area contributed by atoms with Crippen molar-refractivity contribution in [3.63, 3.8) is 0 Å². The molecule has 1 aliphatic heterocycles. The summed E-state index contributed by atoms with van der Waals surface area (Å²) in [6.45, 7) is 2.10. The highest BCUT2D eigenvalue weighted by atomic mass is 16.4. The molecule has 3 heterocycles. The molecule has 6 heteroatoms. The molecule has 24 heavy (non-hydrogen) atoms. The molecule has 0 unspecified atom stereocenters. The molecular formula is C18H17N3O3. The maximum atomic E-state index is 11.0. The number of hydrogen-bond acceptors (Lipinski definition) is 5. The summed E-state index contributed by atoms with van der Waals surface area (Å²) in [5, 5.41) is 9.05. The van der Waals surface area contributed by atoms with Crippen molar-refractivity contribution in [3.05, 3.63) is 42.1 Å². The third-order valence-electron chi connectivity index (χ3n) is 4.31. The second-order valence-corrected chi connectivity index (χ2v) is 5.96. The number of nitrogens with zero attached hydrogens (tertiary/aromatic N) is 3. The van der Waals surface area contributed by atoms with Gasteiger partial charge in [-0.2, -0.15) is 0 Å². The molecule has 4 rings (SSSR count). The lowest BCUT2D eigenvalue weighted by atomic mass is 10.1. The summed E-state index contributed by atoms with van der Waals surface area (Å²) in [6.07, 6.45) is 5.46. The molecule has 122 valence electrons. The first-order valence-corrected chi connectivity index (χ1v) is 8.06. The summed E-state index contributed by atoms with van der Waals surface area (Å²) in [5.41, 5.74) is 2.07. The van der Waals surface area contributed by atoms with Crippen molar-refractivity contribution >= 4 is 22.9 Å². The van der Waals surface area contributed by atoms with Gasteiger partial charge in [0.05, 0.1) is 11.1 Å². The van der Waals surface area contributed by atoms with E-state index < -0.39 is 5.97 Å². The molecule has 0 saturated carbocycles. The van der Waals surface area contributed by atoms with Crippen molar-refractivity contribution in [1.29, 1.82) is 0 Å². The Bertz CT molecular complexity index is 880. The van der Waals surface area contributed by atoms with Gasteiger partial charge in [0, 0.05) is 19.3 Å². The van der Waals surface area contributed by atoms with Crippen LogP contribution in [0.5, 0.6) is 0 Å². The zero-order chi connectivity index (χ0) is 16.5. The van der Waals surface area contributed by atoms with Crippen molar-refractivity contribution in [2.24, 2.45) is 0 Å². The number of carboxylic acid groups (broad SMARTS) is 1. The van der Waals surface area contributed by atoms with Crippen LogP contribution < -0.4 is 4.90 Å². The highest BCUT2D eigenvalue weighted by Crippen LogP contribution is 2.26. The second-order valence-electron chi connectivity index (χ2n) is 5.96. The standard InChI is InChI=1S/C18H17N3O3/c22-18(23)12-4-6-15-14(10-12)20-17(24-15)13-5-7-16(19-11-13)21-8-2-1-3-9-21/h4-7,10-11H,1-3,8-9H2,(H,22,23). The lowest BCUT2D eigenvalue weighted by Crippen LogP contribution is -2.29. The Labute approximate surface area is 138 Å². The average Bonchev–Trinajstić information content (AvgIpc) is 3.06. The van der Waals surface area contributed by atoms with Crippen LogP contribution in [0.3, 0.4) is 0 Å². The normalized spacial score (nSPS) is 14.9. The number of aromatic nitrogens is 2. The number of fused-ring (bicyclic) bond motifs is 1. The topological polar surface area (TPSA) is 79.5 Å². The molecule has 1 aliphatic rings. The van der Waals surface area contributed by atoms with E-state index in [9.17, 15) is 4.79 Å². The van der Waals surface area contributed by atoms with E-state index in [1.807, 2.05) is 12.1 Å². The predicted molar refractivity (Wildman–Crippen MR) is 90.3 cm³/mol. The molecule has 0 bridgehead atoms. The molecule has 2 aromatic heterocycles. The molecular weight excluding hydrogens is 306 g/mol. The fourth-order valence-corrected chi connectivity index (χ4v) is 3.01. The summed E-state index contributed by atoms with van der Waals surface area (Å²) >= 11 is 0. The second kappa shape index (κ2) is 5.96. The Kier molecular flexibility index (Phi) is 3.65. The minimum absolute atomic E-state index is 0.195. The first-order valence-electron chi connectivity index (χ1n) is 8.06. The average molecular weight is 323 g/mol. The molecule has 3 aromatic rings. The number of benzene rings is 1. The third kappa shape index (κ3) is 2.71. The molecule has 0 radical (unpaired) electrons. The van der Waals surface area contributed by atoms with E-state index in [4.69, 9.17) is 9.52 Å². The Morgan fingerprint density at radius 1 is 1.12 bits per heavy atom. The highest BCUT2D eigenvalue weighted by Gasteiger charge is 2.14. The van der Waals surface area contributed by atoms with Gasteiger partial charge in [-0.25, -0.2) is 14.8 Å². The van der Waals surface area contributed by atoms with Gasteiger partial charge in [-0.3, -0.25) is 0 Å². The number of oxazole rings is 1. The Morgan fingerprint density at radius 2 is 1.96 bits per heavy atom. The Hall–Kier alpha value is -2.89. The Morgan fingerprint density at radius 3 is 2.67 bits per heavy atom. The van der Waals surface area contributed by atoms with Crippen LogP contribution in [0, 0.1) is 0 Å². The van der Waals surface area contributed by atoms with Crippen LogP contribution in [0.1, 0.15) is 29.6 Å². The van der Waals surface area contributed by atoms with E-state index in [0.29, 0.717) is 17.0 Å². The first-order chi connectivity index (χ1) is 11.7. The number of anilines is 1. The van der Waals surface area contributed by atoms with Gasteiger partial charge in [0.1, 0.15) is 11.3 Å². The van der Waals surface area contributed by atoms with Crippen LogP contribution in [0.4, 0.5) is 5.82 Å². The van der Waals surface area contributed by atoms with Gasteiger partial charge in [-0.1, -0.05) is 0 Å². The van der Waals surface area contributed by atoms with E-state index >= 15 is 0 Å². The SMILES string of the molecule is O=C(O)c1ccc2oc(-c3ccc(N4CCCCC4)nc3)nc2c1. The van der Waals surface area contributed by atoms with Crippen LogP contribution in [0.15, 0.2) is 40.9 Å². The summed E-state index contributed by atoms with van der Waals surface area (Å²) in [6, 6.07) is 8.58. The number of aromatic carboxylic acids is 1. The van der Waals surface area contributed by atoms with Gasteiger partial charge in [0.2, 0.25) is 5.89 Å². The van der Waals surface area contributed by atoms with Crippen LogP contribution >= 0.6 is 0 Å². The first kappa shape index (κ1) is 14.7. The van der Waals surface area contributed by atoms with Crippen LogP contribution in [0.25, 0.3) is 22.6 Å². The predicted octanol–water partition coefficient (Wildman–Crippen LogP) is 3.58. The quantitative estimate of drug-likeness (QED) is 0.793. The minimum Gasteiger partial charge on any atom is -0.478 e. The smallest absolute Gasteiger partial charge is 0.335 e. The van der Waals surface area contributed by atoms with Crippen molar-refractivity contribution in [2.75, 3.05) is 18.0 Å². The van der Waals surface area contributed by atoms with E-state index in [0.717, 1.165) is 24.5 Å². The molecule has 1 saturated heterocycles.